The van der Waals surface area contributed by atoms with E-state index in [2.05, 4.69) is 15.4 Å². The van der Waals surface area contributed by atoms with E-state index >= 15 is 0 Å². The molecule has 0 spiro atoms. The summed E-state index contributed by atoms with van der Waals surface area (Å²) in [5.74, 6) is -0.614. The number of anilines is 1. The van der Waals surface area contributed by atoms with Crippen molar-refractivity contribution in [2.75, 3.05) is 5.32 Å². The lowest BCUT2D eigenvalue weighted by atomic mass is 10.2. The minimum Gasteiger partial charge on any atom is -0.321 e. The number of benzene rings is 1. The Hall–Kier alpha value is -3.29. The van der Waals surface area contributed by atoms with Crippen molar-refractivity contribution in [2.45, 2.75) is 19.5 Å². The second-order valence-corrected chi connectivity index (χ2v) is 5.44. The van der Waals surface area contributed by atoms with E-state index in [1.807, 2.05) is 0 Å². The molecule has 2 heterocycles. The first-order valence-electron chi connectivity index (χ1n) is 7.68. The number of hydrogen-bond donors (Lipinski definition) is 1. The largest absolute Gasteiger partial charge is 0.321 e. The van der Waals surface area contributed by atoms with Crippen LogP contribution < -0.4 is 10.9 Å². The Kier molecular flexibility index (Phi) is 4.98. The molecule has 7 nitrogen and oxygen atoms in total. The molecule has 0 unspecified atom stereocenters. The molecule has 0 radical (unpaired) electrons. The maximum Gasteiger partial charge on any atom is 0.274 e. The van der Waals surface area contributed by atoms with Crippen LogP contribution in [0.15, 0.2) is 60.0 Å². The van der Waals surface area contributed by atoms with Gasteiger partial charge in [-0.1, -0.05) is 12.1 Å². The third kappa shape index (κ3) is 4.37. The van der Waals surface area contributed by atoms with Crippen LogP contribution in [0.2, 0.25) is 0 Å². The lowest BCUT2D eigenvalue weighted by Gasteiger charge is -2.09. The summed E-state index contributed by atoms with van der Waals surface area (Å²) < 4.78 is 16.0. The number of carbonyl (C=O) groups excluding carboxylic acids is 1. The maximum absolute atomic E-state index is 13.0. The summed E-state index contributed by atoms with van der Waals surface area (Å²) in [6.45, 7) is 0.671. The summed E-state index contributed by atoms with van der Waals surface area (Å²) >= 11 is 0. The Labute approximate surface area is 142 Å². The maximum atomic E-state index is 13.0. The predicted molar refractivity (Wildman–Crippen MR) is 89.5 cm³/mol. The van der Waals surface area contributed by atoms with Crippen LogP contribution in [0.1, 0.15) is 12.0 Å². The molecule has 25 heavy (non-hydrogen) atoms. The Morgan fingerprint density at radius 3 is 2.72 bits per heavy atom. The van der Waals surface area contributed by atoms with Crippen molar-refractivity contribution in [1.82, 2.24) is 19.3 Å². The van der Waals surface area contributed by atoms with Gasteiger partial charge in [-0.3, -0.25) is 14.3 Å². The molecule has 0 aliphatic rings. The van der Waals surface area contributed by atoms with Gasteiger partial charge in [0, 0.05) is 12.6 Å². The second kappa shape index (κ2) is 7.52. The first-order valence-corrected chi connectivity index (χ1v) is 7.68. The predicted octanol–water partition coefficient (Wildman–Crippen LogP) is 1.66. The van der Waals surface area contributed by atoms with Gasteiger partial charge in [0.05, 0.1) is 13.1 Å². The molecule has 0 bridgehead atoms. The van der Waals surface area contributed by atoms with Gasteiger partial charge in [0.1, 0.15) is 24.2 Å². The highest BCUT2D eigenvalue weighted by Crippen LogP contribution is 2.06. The van der Waals surface area contributed by atoms with Crippen LogP contribution in [0.25, 0.3) is 0 Å². The van der Waals surface area contributed by atoms with Crippen molar-refractivity contribution < 1.29 is 9.18 Å². The van der Waals surface area contributed by atoms with Crippen LogP contribution >= 0.6 is 0 Å². The van der Waals surface area contributed by atoms with Crippen LogP contribution in [0.4, 0.5) is 10.1 Å². The van der Waals surface area contributed by atoms with E-state index < -0.39 is 0 Å². The van der Waals surface area contributed by atoms with E-state index in [0.29, 0.717) is 13.1 Å². The Morgan fingerprint density at radius 1 is 1.20 bits per heavy atom. The van der Waals surface area contributed by atoms with Crippen molar-refractivity contribution in [3.63, 3.8) is 0 Å². The molecule has 1 N–H and O–H groups in total. The summed E-state index contributed by atoms with van der Waals surface area (Å²) in [7, 11) is 0. The third-order valence-electron chi connectivity index (χ3n) is 3.59. The van der Waals surface area contributed by atoms with Crippen LogP contribution in [-0.4, -0.2) is 25.2 Å². The van der Waals surface area contributed by atoms with E-state index in [1.54, 1.807) is 30.5 Å². The van der Waals surface area contributed by atoms with Crippen molar-refractivity contribution in [3.05, 3.63) is 77.0 Å². The van der Waals surface area contributed by atoms with E-state index in [4.69, 9.17) is 0 Å². The number of aryl methyl sites for hydroxylation is 1. The fourth-order valence-corrected chi connectivity index (χ4v) is 2.32. The number of aromatic nitrogens is 4. The highest BCUT2D eigenvalue weighted by atomic mass is 19.1. The minimum atomic E-state index is -0.329. The number of hydrogen-bond acceptors (Lipinski definition) is 4. The molecule has 1 amide bonds. The molecular weight excluding hydrogens is 325 g/mol. The molecule has 0 atom stereocenters. The molecule has 0 aliphatic carbocycles. The van der Waals surface area contributed by atoms with Gasteiger partial charge < -0.3 is 9.88 Å². The third-order valence-corrected chi connectivity index (χ3v) is 3.59. The first-order chi connectivity index (χ1) is 12.1. The van der Waals surface area contributed by atoms with E-state index in [9.17, 15) is 14.0 Å². The Morgan fingerprint density at radius 2 is 2.00 bits per heavy atom. The van der Waals surface area contributed by atoms with E-state index in [-0.39, 0.29) is 29.4 Å². The van der Waals surface area contributed by atoms with Crippen LogP contribution in [0.3, 0.4) is 0 Å². The topological polar surface area (TPSA) is 81.8 Å². The van der Waals surface area contributed by atoms with Gasteiger partial charge in [0.2, 0.25) is 5.91 Å². The number of carbonyl (C=O) groups is 1. The summed E-state index contributed by atoms with van der Waals surface area (Å²) in [6.07, 6.45) is 4.71. The van der Waals surface area contributed by atoms with Gasteiger partial charge in [0.25, 0.3) is 5.56 Å². The number of halogens is 1. The minimum absolute atomic E-state index is 0.176. The number of nitrogens with zero attached hydrogens (tertiary/aromatic N) is 4. The van der Waals surface area contributed by atoms with Crippen molar-refractivity contribution in [1.29, 1.82) is 0 Å². The Bertz CT molecular complexity index is 904. The number of pyridine rings is 1. The molecule has 0 aliphatic heterocycles. The molecule has 1 aromatic carbocycles. The molecule has 128 valence electrons. The SMILES string of the molecule is O=C(CCn1cncn1)Nc1cccn(Cc2ccc(F)cc2)c1=O. The summed E-state index contributed by atoms with van der Waals surface area (Å²) in [6, 6.07) is 9.15. The van der Waals surface area contributed by atoms with Crippen molar-refractivity contribution >= 4 is 11.6 Å². The van der Waals surface area contributed by atoms with Crippen LogP contribution in [0.5, 0.6) is 0 Å². The van der Waals surface area contributed by atoms with Crippen molar-refractivity contribution in [3.8, 4) is 0 Å². The quantitative estimate of drug-likeness (QED) is 0.739. The zero-order chi connectivity index (χ0) is 17.6. The molecular formula is C17H16FN5O2. The van der Waals surface area contributed by atoms with E-state index in [1.165, 1.54) is 34.0 Å². The highest BCUT2D eigenvalue weighted by Gasteiger charge is 2.08. The van der Waals surface area contributed by atoms with Gasteiger partial charge in [-0.15, -0.1) is 0 Å². The van der Waals surface area contributed by atoms with Crippen LogP contribution in [-0.2, 0) is 17.9 Å². The molecule has 3 rings (SSSR count). The lowest BCUT2D eigenvalue weighted by Crippen LogP contribution is -2.26. The summed E-state index contributed by atoms with van der Waals surface area (Å²) in [5.41, 5.74) is 0.673. The molecule has 0 saturated heterocycles. The average molecular weight is 341 g/mol. The fraction of sp³-hybridized carbons (Fsp3) is 0.176. The molecule has 3 aromatic rings. The zero-order valence-electron chi connectivity index (χ0n) is 13.3. The van der Waals surface area contributed by atoms with Gasteiger partial charge in [-0.05, 0) is 29.8 Å². The molecule has 0 fully saturated rings. The van der Waals surface area contributed by atoms with Crippen LogP contribution in [0, 0.1) is 5.82 Å². The lowest BCUT2D eigenvalue weighted by molar-refractivity contribution is -0.116. The Balaban J connectivity index is 1.67. The second-order valence-electron chi connectivity index (χ2n) is 5.44. The number of rotatable bonds is 6. The van der Waals surface area contributed by atoms with Gasteiger partial charge in [-0.2, -0.15) is 5.10 Å². The van der Waals surface area contributed by atoms with E-state index in [0.717, 1.165) is 5.56 Å². The van der Waals surface area contributed by atoms with Crippen molar-refractivity contribution in [2.24, 2.45) is 0 Å². The molecule has 8 heteroatoms. The monoisotopic (exact) mass is 341 g/mol. The zero-order valence-corrected chi connectivity index (χ0v) is 13.3. The first kappa shape index (κ1) is 16.6. The normalized spacial score (nSPS) is 10.6. The number of nitrogens with one attached hydrogen (secondary N) is 1. The number of amides is 1. The van der Waals surface area contributed by atoms with Gasteiger partial charge in [-0.25, -0.2) is 9.37 Å². The summed E-state index contributed by atoms with van der Waals surface area (Å²) in [4.78, 5) is 28.3. The average Bonchev–Trinajstić information content (AvgIpc) is 3.12. The highest BCUT2D eigenvalue weighted by molar-refractivity contribution is 5.90. The summed E-state index contributed by atoms with van der Waals surface area (Å²) in [5, 5.41) is 6.53. The molecule has 2 aromatic heterocycles. The standard InChI is InChI=1S/C17H16FN5O2/c18-14-5-3-13(4-6-14)10-22-8-1-2-15(17(22)25)21-16(24)7-9-23-12-19-11-20-23/h1-6,8,11-12H,7,9-10H2,(H,21,24). The molecule has 0 saturated carbocycles. The smallest absolute Gasteiger partial charge is 0.274 e. The van der Waals surface area contributed by atoms with Gasteiger partial charge >= 0.3 is 0 Å². The fourth-order valence-electron chi connectivity index (χ4n) is 2.32. The van der Waals surface area contributed by atoms with Gasteiger partial charge in [0.15, 0.2) is 0 Å².